The van der Waals surface area contributed by atoms with Crippen LogP contribution in [-0.2, 0) is 16.6 Å². The Morgan fingerprint density at radius 3 is 2.39 bits per heavy atom. The highest BCUT2D eigenvalue weighted by Crippen LogP contribution is 2.38. The highest BCUT2D eigenvalue weighted by Gasteiger charge is 2.34. The molecule has 0 fully saturated rings. The first-order chi connectivity index (χ1) is 14.6. The summed E-state index contributed by atoms with van der Waals surface area (Å²) in [5.74, 6) is 0.00500. The smallest absolute Gasteiger partial charge is 0.319 e. The van der Waals surface area contributed by atoms with Crippen molar-refractivity contribution in [1.29, 1.82) is 0 Å². The highest BCUT2D eigenvalue weighted by atomic mass is 32.1. The number of urea groups is 1. The van der Waals surface area contributed by atoms with Gasteiger partial charge in [-0.15, -0.1) is 11.3 Å². The SMILES string of the molecule is CCCN(CC(=O)N1CCc2sccc2C1c1ccc(C(C)(C)C)cc1)C(=O)N(C)C. The van der Waals surface area contributed by atoms with Crippen LogP contribution in [0.4, 0.5) is 4.79 Å². The highest BCUT2D eigenvalue weighted by molar-refractivity contribution is 7.10. The predicted octanol–water partition coefficient (Wildman–Crippen LogP) is 4.91. The first-order valence-electron chi connectivity index (χ1n) is 11.1. The van der Waals surface area contributed by atoms with Gasteiger partial charge >= 0.3 is 6.03 Å². The summed E-state index contributed by atoms with van der Waals surface area (Å²) in [5.41, 5.74) is 3.71. The second kappa shape index (κ2) is 9.43. The second-order valence-corrected chi connectivity index (χ2v) is 10.5. The third kappa shape index (κ3) is 5.12. The van der Waals surface area contributed by atoms with Crippen molar-refractivity contribution < 1.29 is 9.59 Å². The molecule has 3 amide bonds. The molecular weight excluding hydrogens is 406 g/mol. The van der Waals surface area contributed by atoms with E-state index in [1.54, 1.807) is 35.2 Å². The lowest BCUT2D eigenvalue weighted by molar-refractivity contribution is -0.134. The van der Waals surface area contributed by atoms with Gasteiger partial charge in [-0.2, -0.15) is 0 Å². The van der Waals surface area contributed by atoms with Crippen LogP contribution in [0.5, 0.6) is 0 Å². The molecule has 1 aliphatic heterocycles. The number of nitrogens with zero attached hydrogens (tertiary/aromatic N) is 3. The Morgan fingerprint density at radius 2 is 1.81 bits per heavy atom. The summed E-state index contributed by atoms with van der Waals surface area (Å²) in [5, 5.41) is 2.12. The van der Waals surface area contributed by atoms with Crippen LogP contribution in [0, 0.1) is 0 Å². The van der Waals surface area contributed by atoms with Crippen molar-refractivity contribution in [3.63, 3.8) is 0 Å². The number of benzene rings is 1. The van der Waals surface area contributed by atoms with Crippen molar-refractivity contribution in [3.8, 4) is 0 Å². The van der Waals surface area contributed by atoms with Crippen molar-refractivity contribution in [3.05, 3.63) is 57.3 Å². The van der Waals surface area contributed by atoms with E-state index in [1.165, 1.54) is 16.0 Å². The fourth-order valence-corrected chi connectivity index (χ4v) is 5.06. The summed E-state index contributed by atoms with van der Waals surface area (Å²) in [6.45, 7) is 10.0. The molecule has 3 rings (SSSR count). The molecule has 0 aliphatic carbocycles. The van der Waals surface area contributed by atoms with Crippen LogP contribution in [0.3, 0.4) is 0 Å². The summed E-state index contributed by atoms with van der Waals surface area (Å²) in [6, 6.07) is 10.6. The fourth-order valence-electron chi connectivity index (χ4n) is 4.16. The van der Waals surface area contributed by atoms with Gasteiger partial charge in [-0.1, -0.05) is 52.0 Å². The van der Waals surface area contributed by atoms with E-state index in [0.717, 1.165) is 18.4 Å². The topological polar surface area (TPSA) is 43.9 Å². The molecule has 1 atom stereocenters. The lowest BCUT2D eigenvalue weighted by atomic mass is 9.85. The van der Waals surface area contributed by atoms with Gasteiger partial charge in [0.1, 0.15) is 6.54 Å². The van der Waals surface area contributed by atoms with E-state index in [9.17, 15) is 9.59 Å². The molecule has 1 unspecified atom stereocenters. The zero-order valence-electron chi connectivity index (χ0n) is 19.6. The molecule has 5 nitrogen and oxygen atoms in total. The Labute approximate surface area is 190 Å². The first-order valence-corrected chi connectivity index (χ1v) is 11.9. The van der Waals surface area contributed by atoms with Crippen molar-refractivity contribution in [2.75, 3.05) is 33.7 Å². The molecule has 2 heterocycles. The molecule has 1 aliphatic rings. The van der Waals surface area contributed by atoms with Gasteiger partial charge in [-0.25, -0.2) is 4.79 Å². The van der Waals surface area contributed by atoms with Gasteiger partial charge in [0.25, 0.3) is 0 Å². The zero-order chi connectivity index (χ0) is 22.8. The van der Waals surface area contributed by atoms with Crippen LogP contribution in [-0.4, -0.2) is 60.4 Å². The predicted molar refractivity (Wildman–Crippen MR) is 128 cm³/mol. The lowest BCUT2D eigenvalue weighted by Gasteiger charge is -2.38. The lowest BCUT2D eigenvalue weighted by Crippen LogP contribution is -2.49. The largest absolute Gasteiger partial charge is 0.331 e. The summed E-state index contributed by atoms with van der Waals surface area (Å²) in [6.07, 6.45) is 1.68. The van der Waals surface area contributed by atoms with E-state index >= 15 is 0 Å². The van der Waals surface area contributed by atoms with Gasteiger partial charge in [0.15, 0.2) is 0 Å². The standard InChI is InChI=1S/C25H35N3O2S/c1-7-14-27(24(30)26(5)6)17-22(29)28-15-12-21-20(13-16-31-21)23(28)18-8-10-19(11-9-18)25(2,3)4/h8-11,13,16,23H,7,12,14-15,17H2,1-6H3. The number of fused-ring (bicyclic) bond motifs is 1. The summed E-state index contributed by atoms with van der Waals surface area (Å²) >= 11 is 1.77. The Hall–Kier alpha value is -2.34. The van der Waals surface area contributed by atoms with E-state index < -0.39 is 0 Å². The summed E-state index contributed by atoms with van der Waals surface area (Å²) in [4.78, 5) is 32.6. The van der Waals surface area contributed by atoms with Crippen LogP contribution in [0.1, 0.15) is 61.7 Å². The minimum Gasteiger partial charge on any atom is -0.331 e. The average molecular weight is 442 g/mol. The van der Waals surface area contributed by atoms with Crippen LogP contribution in [0.25, 0.3) is 0 Å². The third-order valence-electron chi connectivity index (χ3n) is 5.85. The number of hydrogen-bond donors (Lipinski definition) is 0. The second-order valence-electron chi connectivity index (χ2n) is 9.51. The first kappa shape index (κ1) is 23.3. The van der Waals surface area contributed by atoms with Crippen molar-refractivity contribution in [2.45, 2.75) is 52.0 Å². The molecule has 0 radical (unpaired) electrons. The van der Waals surface area contributed by atoms with Crippen LogP contribution in [0.15, 0.2) is 35.7 Å². The molecule has 6 heteroatoms. The summed E-state index contributed by atoms with van der Waals surface area (Å²) in [7, 11) is 3.46. The quantitative estimate of drug-likeness (QED) is 0.661. The zero-order valence-corrected chi connectivity index (χ0v) is 20.5. The molecule has 0 N–H and O–H groups in total. The van der Waals surface area contributed by atoms with Crippen LogP contribution < -0.4 is 0 Å². The number of carbonyl (C=O) groups is 2. The van der Waals surface area contributed by atoms with Gasteiger partial charge in [0.2, 0.25) is 5.91 Å². The maximum Gasteiger partial charge on any atom is 0.319 e. The molecule has 0 bridgehead atoms. The van der Waals surface area contributed by atoms with Crippen molar-refractivity contribution >= 4 is 23.3 Å². The molecule has 0 spiro atoms. The molecule has 0 saturated carbocycles. The van der Waals surface area contributed by atoms with Crippen LogP contribution >= 0.6 is 11.3 Å². The number of thiophene rings is 1. The minimum atomic E-state index is -0.116. The molecule has 1 aromatic heterocycles. The van der Waals surface area contributed by atoms with Gasteiger partial charge in [-0.05, 0) is 46.4 Å². The van der Waals surface area contributed by atoms with E-state index in [0.29, 0.717) is 13.1 Å². The summed E-state index contributed by atoms with van der Waals surface area (Å²) < 4.78 is 0. The molecule has 1 aromatic carbocycles. The Morgan fingerprint density at radius 1 is 1.13 bits per heavy atom. The van der Waals surface area contributed by atoms with Crippen molar-refractivity contribution in [1.82, 2.24) is 14.7 Å². The molecule has 168 valence electrons. The molecule has 0 saturated heterocycles. The fraction of sp³-hybridized carbons (Fsp3) is 0.520. The monoisotopic (exact) mass is 441 g/mol. The van der Waals surface area contributed by atoms with Crippen LogP contribution in [0.2, 0.25) is 0 Å². The van der Waals surface area contributed by atoms with Gasteiger partial charge in [0.05, 0.1) is 6.04 Å². The van der Waals surface area contributed by atoms with E-state index in [2.05, 4.69) is 56.5 Å². The van der Waals surface area contributed by atoms with E-state index in [1.807, 2.05) is 11.8 Å². The normalized spacial score (nSPS) is 16.1. The molecule has 2 aromatic rings. The molecular formula is C25H35N3O2S. The van der Waals surface area contributed by atoms with Crippen molar-refractivity contribution in [2.24, 2.45) is 0 Å². The van der Waals surface area contributed by atoms with Gasteiger partial charge < -0.3 is 14.7 Å². The minimum absolute atomic E-state index is 0.00500. The number of amides is 3. The van der Waals surface area contributed by atoms with Gasteiger partial charge in [0, 0.05) is 32.1 Å². The van der Waals surface area contributed by atoms with E-state index in [-0.39, 0.29) is 29.9 Å². The average Bonchev–Trinajstić information content (AvgIpc) is 3.20. The maximum atomic E-state index is 13.5. The number of carbonyl (C=O) groups excluding carboxylic acids is 2. The Kier molecular flexibility index (Phi) is 7.10. The van der Waals surface area contributed by atoms with E-state index in [4.69, 9.17) is 0 Å². The third-order valence-corrected chi connectivity index (χ3v) is 6.85. The number of hydrogen-bond acceptors (Lipinski definition) is 3. The Bertz CT molecular complexity index is 912. The maximum absolute atomic E-state index is 13.5. The molecule has 31 heavy (non-hydrogen) atoms. The Balaban J connectivity index is 1.91. The number of rotatable bonds is 5. The van der Waals surface area contributed by atoms with Gasteiger partial charge in [-0.3, -0.25) is 4.79 Å².